The zero-order valence-electron chi connectivity index (χ0n) is 12.1. The van der Waals surface area contributed by atoms with Gasteiger partial charge in [-0.05, 0) is 18.6 Å². The molecular weight excluding hydrogens is 268 g/mol. The number of aromatic nitrogens is 3. The number of aryl methyl sites for hydroxylation is 1. The predicted octanol–water partition coefficient (Wildman–Crippen LogP) is 1.40. The van der Waals surface area contributed by atoms with Gasteiger partial charge in [-0.2, -0.15) is 5.10 Å². The number of rotatable bonds is 5. The van der Waals surface area contributed by atoms with Crippen LogP contribution in [0.15, 0.2) is 30.6 Å². The lowest BCUT2D eigenvalue weighted by Gasteiger charge is -2.30. The second kappa shape index (κ2) is 6.13. The number of nitrogens with zero attached hydrogens (tertiary/aromatic N) is 3. The van der Waals surface area contributed by atoms with Crippen LogP contribution in [0.1, 0.15) is 19.2 Å². The summed E-state index contributed by atoms with van der Waals surface area (Å²) >= 11 is 0. The molecule has 1 aliphatic rings. The van der Waals surface area contributed by atoms with E-state index >= 15 is 0 Å². The molecule has 0 saturated heterocycles. The van der Waals surface area contributed by atoms with Gasteiger partial charge in [-0.15, -0.1) is 0 Å². The van der Waals surface area contributed by atoms with Gasteiger partial charge in [0, 0.05) is 13.0 Å². The average Bonchev–Trinajstić information content (AvgIpc) is 2.94. The minimum absolute atomic E-state index is 0.174. The van der Waals surface area contributed by atoms with Gasteiger partial charge in [0.1, 0.15) is 24.9 Å². The van der Waals surface area contributed by atoms with E-state index in [1.165, 1.54) is 0 Å². The highest BCUT2D eigenvalue weighted by molar-refractivity contribution is 5.40. The first-order chi connectivity index (χ1) is 10.3. The maximum absolute atomic E-state index is 6.28. The van der Waals surface area contributed by atoms with Gasteiger partial charge in [0.15, 0.2) is 11.5 Å². The summed E-state index contributed by atoms with van der Waals surface area (Å²) in [5.74, 6) is 2.42. The molecule has 0 saturated carbocycles. The number of para-hydroxylation sites is 2. The zero-order valence-corrected chi connectivity index (χ0v) is 12.1. The molecule has 6 heteroatoms. The Morgan fingerprint density at radius 1 is 1.38 bits per heavy atom. The lowest BCUT2D eigenvalue weighted by Crippen LogP contribution is -2.46. The second-order valence-electron chi connectivity index (χ2n) is 5.18. The molecule has 1 aliphatic heterocycles. The Labute approximate surface area is 123 Å². The molecule has 2 unspecified atom stereocenters. The minimum atomic E-state index is -0.182. The quantitative estimate of drug-likeness (QED) is 0.900. The number of nitrogens with two attached hydrogens (primary N) is 1. The van der Waals surface area contributed by atoms with Gasteiger partial charge in [0.25, 0.3) is 0 Å². The Morgan fingerprint density at radius 2 is 2.19 bits per heavy atom. The monoisotopic (exact) mass is 288 g/mol. The van der Waals surface area contributed by atoms with Crippen LogP contribution >= 0.6 is 0 Å². The number of hydrogen-bond donors (Lipinski definition) is 1. The molecule has 112 valence electrons. The Kier molecular flexibility index (Phi) is 4.06. The van der Waals surface area contributed by atoms with Gasteiger partial charge in [-0.1, -0.05) is 19.1 Å². The molecule has 2 heterocycles. The average molecular weight is 288 g/mol. The first-order valence-corrected chi connectivity index (χ1v) is 7.28. The SMILES string of the molecule is CCCn1ncnc1CC(N)C1COc2ccccc2O1. The Balaban J connectivity index is 1.66. The van der Waals surface area contributed by atoms with Crippen molar-refractivity contribution in [3.63, 3.8) is 0 Å². The topological polar surface area (TPSA) is 75.2 Å². The van der Waals surface area contributed by atoms with Crippen LogP contribution < -0.4 is 15.2 Å². The standard InChI is InChI=1S/C15H20N4O2/c1-2-7-19-15(17-10-18-19)8-11(16)14-9-20-12-5-3-4-6-13(12)21-14/h3-6,10-11,14H,2,7-9,16H2,1H3. The molecule has 2 atom stereocenters. The van der Waals surface area contributed by atoms with Crippen LogP contribution in [0.5, 0.6) is 11.5 Å². The van der Waals surface area contributed by atoms with E-state index in [0.29, 0.717) is 13.0 Å². The molecule has 2 N–H and O–H groups in total. The van der Waals surface area contributed by atoms with E-state index in [2.05, 4.69) is 17.0 Å². The number of benzene rings is 1. The predicted molar refractivity (Wildman–Crippen MR) is 78.3 cm³/mol. The van der Waals surface area contributed by atoms with Crippen LogP contribution in [0.2, 0.25) is 0 Å². The normalized spacial score (nSPS) is 18.5. The van der Waals surface area contributed by atoms with E-state index < -0.39 is 0 Å². The van der Waals surface area contributed by atoms with E-state index in [4.69, 9.17) is 15.2 Å². The van der Waals surface area contributed by atoms with Crippen molar-refractivity contribution in [1.82, 2.24) is 14.8 Å². The Morgan fingerprint density at radius 3 is 3.00 bits per heavy atom. The van der Waals surface area contributed by atoms with Crippen molar-refractivity contribution in [1.29, 1.82) is 0 Å². The van der Waals surface area contributed by atoms with Gasteiger partial charge in [0.05, 0.1) is 6.04 Å². The van der Waals surface area contributed by atoms with Crippen molar-refractivity contribution in [3.8, 4) is 11.5 Å². The highest BCUT2D eigenvalue weighted by atomic mass is 16.6. The van der Waals surface area contributed by atoms with Gasteiger partial charge in [0.2, 0.25) is 0 Å². The molecule has 0 amide bonds. The highest BCUT2D eigenvalue weighted by Gasteiger charge is 2.27. The summed E-state index contributed by atoms with van der Waals surface area (Å²) in [5.41, 5.74) is 6.28. The van der Waals surface area contributed by atoms with Gasteiger partial charge in [-0.25, -0.2) is 4.98 Å². The Hall–Kier alpha value is -2.08. The molecule has 0 aliphatic carbocycles. The Bertz CT molecular complexity index is 599. The third kappa shape index (κ3) is 3.00. The van der Waals surface area contributed by atoms with Gasteiger partial charge >= 0.3 is 0 Å². The van der Waals surface area contributed by atoms with E-state index in [0.717, 1.165) is 30.3 Å². The van der Waals surface area contributed by atoms with Crippen LogP contribution in [0.25, 0.3) is 0 Å². The first-order valence-electron chi connectivity index (χ1n) is 7.28. The zero-order chi connectivity index (χ0) is 14.7. The molecule has 0 fully saturated rings. The molecule has 3 rings (SSSR count). The van der Waals surface area contributed by atoms with E-state index in [1.807, 2.05) is 28.9 Å². The summed E-state index contributed by atoms with van der Waals surface area (Å²) in [6.07, 6.45) is 3.04. The van der Waals surface area contributed by atoms with Crippen LogP contribution in [0.4, 0.5) is 0 Å². The van der Waals surface area contributed by atoms with Crippen molar-refractivity contribution in [2.75, 3.05) is 6.61 Å². The summed E-state index contributed by atoms with van der Waals surface area (Å²) in [6.45, 7) is 3.42. The van der Waals surface area contributed by atoms with E-state index in [9.17, 15) is 0 Å². The lowest BCUT2D eigenvalue weighted by atomic mass is 10.1. The number of hydrogen-bond acceptors (Lipinski definition) is 5. The van der Waals surface area contributed by atoms with Crippen molar-refractivity contribution in [3.05, 3.63) is 36.4 Å². The summed E-state index contributed by atoms with van der Waals surface area (Å²) in [6, 6.07) is 7.46. The highest BCUT2D eigenvalue weighted by Crippen LogP contribution is 2.31. The summed E-state index contributed by atoms with van der Waals surface area (Å²) in [5, 5.41) is 4.22. The minimum Gasteiger partial charge on any atom is -0.486 e. The summed E-state index contributed by atoms with van der Waals surface area (Å²) < 4.78 is 13.5. The number of fused-ring (bicyclic) bond motifs is 1. The van der Waals surface area contributed by atoms with Crippen LogP contribution in [-0.2, 0) is 13.0 Å². The molecule has 21 heavy (non-hydrogen) atoms. The summed E-state index contributed by atoms with van der Waals surface area (Å²) in [4.78, 5) is 4.29. The molecule has 0 radical (unpaired) electrons. The summed E-state index contributed by atoms with van der Waals surface area (Å²) in [7, 11) is 0. The van der Waals surface area contributed by atoms with Crippen LogP contribution in [0, 0.1) is 0 Å². The van der Waals surface area contributed by atoms with E-state index in [-0.39, 0.29) is 12.1 Å². The van der Waals surface area contributed by atoms with Crippen LogP contribution in [0.3, 0.4) is 0 Å². The smallest absolute Gasteiger partial charge is 0.161 e. The van der Waals surface area contributed by atoms with Gasteiger partial charge in [-0.3, -0.25) is 4.68 Å². The molecule has 0 spiro atoms. The first kappa shape index (κ1) is 13.9. The van der Waals surface area contributed by atoms with Crippen molar-refractivity contribution in [2.24, 2.45) is 5.73 Å². The third-order valence-electron chi connectivity index (χ3n) is 3.56. The van der Waals surface area contributed by atoms with Crippen molar-refractivity contribution in [2.45, 2.75) is 38.5 Å². The van der Waals surface area contributed by atoms with Crippen molar-refractivity contribution >= 4 is 0 Å². The molecule has 1 aromatic heterocycles. The fourth-order valence-electron chi connectivity index (χ4n) is 2.43. The molecule has 1 aromatic carbocycles. The molecular formula is C15H20N4O2. The van der Waals surface area contributed by atoms with Crippen molar-refractivity contribution < 1.29 is 9.47 Å². The van der Waals surface area contributed by atoms with Gasteiger partial charge < -0.3 is 15.2 Å². The fraction of sp³-hybridized carbons (Fsp3) is 0.467. The third-order valence-corrected chi connectivity index (χ3v) is 3.56. The number of ether oxygens (including phenoxy) is 2. The van der Waals surface area contributed by atoms with E-state index in [1.54, 1.807) is 6.33 Å². The second-order valence-corrected chi connectivity index (χ2v) is 5.18. The maximum atomic E-state index is 6.28. The molecule has 2 aromatic rings. The molecule has 0 bridgehead atoms. The molecule has 6 nitrogen and oxygen atoms in total. The maximum Gasteiger partial charge on any atom is 0.161 e. The largest absolute Gasteiger partial charge is 0.486 e. The lowest BCUT2D eigenvalue weighted by molar-refractivity contribution is 0.0715. The van der Waals surface area contributed by atoms with Crippen LogP contribution in [-0.4, -0.2) is 33.5 Å². The fourth-order valence-corrected chi connectivity index (χ4v) is 2.43.